The molecule has 3 nitrogen and oxygen atoms in total. The predicted molar refractivity (Wildman–Crippen MR) is 67.9 cm³/mol. The van der Waals surface area contributed by atoms with Crippen molar-refractivity contribution in [2.24, 2.45) is 0 Å². The lowest BCUT2D eigenvalue weighted by Gasteiger charge is -2.32. The van der Waals surface area contributed by atoms with Gasteiger partial charge in [-0.25, -0.2) is 4.39 Å². The summed E-state index contributed by atoms with van der Waals surface area (Å²) in [6.45, 7) is 4.86. The van der Waals surface area contributed by atoms with Gasteiger partial charge in [-0.3, -0.25) is 4.90 Å². The Morgan fingerprint density at radius 1 is 1.50 bits per heavy atom. The molecular formula is C14H20FNO2. The number of aliphatic hydroxyl groups excluding tert-OH is 1. The lowest BCUT2D eigenvalue weighted by atomic mass is 10.1. The quantitative estimate of drug-likeness (QED) is 0.887. The minimum Gasteiger partial charge on any atom is -0.396 e. The summed E-state index contributed by atoms with van der Waals surface area (Å²) in [4.78, 5) is 2.18. The van der Waals surface area contributed by atoms with E-state index in [-0.39, 0.29) is 18.5 Å². The van der Waals surface area contributed by atoms with Crippen molar-refractivity contribution in [2.45, 2.75) is 26.0 Å². The number of nitrogens with zero attached hydrogens (tertiary/aromatic N) is 1. The Hall–Kier alpha value is -0.970. The van der Waals surface area contributed by atoms with Crippen molar-refractivity contribution in [3.05, 3.63) is 35.1 Å². The number of ether oxygens (including phenoxy) is 1. The summed E-state index contributed by atoms with van der Waals surface area (Å²) in [6, 6.07) is 5.35. The van der Waals surface area contributed by atoms with Crippen LogP contribution in [0.4, 0.5) is 4.39 Å². The van der Waals surface area contributed by atoms with Crippen LogP contribution in [0.1, 0.15) is 17.5 Å². The third-order valence-electron chi connectivity index (χ3n) is 3.28. The summed E-state index contributed by atoms with van der Waals surface area (Å²) in [7, 11) is 0. The maximum Gasteiger partial charge on any atom is 0.127 e. The molecule has 1 aromatic rings. The second-order valence-electron chi connectivity index (χ2n) is 4.84. The van der Waals surface area contributed by atoms with Crippen LogP contribution in [-0.2, 0) is 11.3 Å². The van der Waals surface area contributed by atoms with E-state index in [4.69, 9.17) is 9.84 Å². The molecule has 0 saturated carbocycles. The molecule has 1 heterocycles. The average Bonchev–Trinajstić information content (AvgIpc) is 2.34. The summed E-state index contributed by atoms with van der Waals surface area (Å²) in [5.74, 6) is -0.139. The van der Waals surface area contributed by atoms with Crippen molar-refractivity contribution in [1.82, 2.24) is 4.90 Å². The van der Waals surface area contributed by atoms with E-state index in [1.807, 2.05) is 19.1 Å². The Kier molecular flexibility index (Phi) is 4.69. The van der Waals surface area contributed by atoms with Crippen molar-refractivity contribution in [2.75, 3.05) is 26.3 Å². The van der Waals surface area contributed by atoms with Crippen LogP contribution in [0.5, 0.6) is 0 Å². The lowest BCUT2D eigenvalue weighted by molar-refractivity contribution is -0.0409. The number of aryl methyl sites for hydroxylation is 1. The first-order chi connectivity index (χ1) is 8.69. The van der Waals surface area contributed by atoms with Crippen LogP contribution >= 0.6 is 0 Å². The fraction of sp³-hybridized carbons (Fsp3) is 0.571. The molecule has 1 atom stereocenters. The van der Waals surface area contributed by atoms with Crippen LogP contribution in [0.25, 0.3) is 0 Å². The molecule has 0 unspecified atom stereocenters. The summed E-state index contributed by atoms with van der Waals surface area (Å²) < 4.78 is 19.3. The molecule has 0 spiro atoms. The number of benzene rings is 1. The van der Waals surface area contributed by atoms with E-state index in [1.54, 1.807) is 6.07 Å². The highest BCUT2D eigenvalue weighted by molar-refractivity contribution is 5.23. The van der Waals surface area contributed by atoms with Crippen LogP contribution in [0.3, 0.4) is 0 Å². The molecule has 1 aliphatic heterocycles. The largest absolute Gasteiger partial charge is 0.396 e. The molecule has 18 heavy (non-hydrogen) atoms. The van der Waals surface area contributed by atoms with Crippen LogP contribution < -0.4 is 0 Å². The van der Waals surface area contributed by atoms with Gasteiger partial charge in [0, 0.05) is 31.8 Å². The zero-order chi connectivity index (χ0) is 13.0. The minimum absolute atomic E-state index is 0.0669. The molecule has 0 aliphatic carbocycles. The Morgan fingerprint density at radius 2 is 2.33 bits per heavy atom. The molecule has 1 N–H and O–H groups in total. The molecule has 0 aromatic heterocycles. The molecule has 1 fully saturated rings. The Bertz CT molecular complexity index is 395. The fourth-order valence-corrected chi connectivity index (χ4v) is 2.26. The molecule has 0 amide bonds. The summed E-state index contributed by atoms with van der Waals surface area (Å²) >= 11 is 0. The SMILES string of the molecule is Cc1ccc(CN2CCO[C@@H](CCO)C2)c(F)c1. The number of hydrogen-bond acceptors (Lipinski definition) is 3. The van der Waals surface area contributed by atoms with E-state index in [9.17, 15) is 4.39 Å². The molecule has 1 saturated heterocycles. The molecule has 0 bridgehead atoms. The zero-order valence-corrected chi connectivity index (χ0v) is 10.7. The molecule has 2 rings (SSSR count). The van der Waals surface area contributed by atoms with E-state index >= 15 is 0 Å². The maximum absolute atomic E-state index is 13.8. The number of hydrogen-bond donors (Lipinski definition) is 1. The van der Waals surface area contributed by atoms with Gasteiger partial charge in [0.15, 0.2) is 0 Å². The molecule has 4 heteroatoms. The van der Waals surface area contributed by atoms with E-state index in [0.29, 0.717) is 19.6 Å². The first-order valence-electron chi connectivity index (χ1n) is 6.39. The normalized spacial score (nSPS) is 21.2. The van der Waals surface area contributed by atoms with Crippen molar-refractivity contribution < 1.29 is 14.2 Å². The minimum atomic E-state index is -0.139. The van der Waals surface area contributed by atoms with Crippen LogP contribution in [0.2, 0.25) is 0 Å². The van der Waals surface area contributed by atoms with Gasteiger partial charge in [0.1, 0.15) is 5.82 Å². The Labute approximate surface area is 107 Å². The van der Waals surface area contributed by atoms with Crippen molar-refractivity contribution in [3.8, 4) is 0 Å². The van der Waals surface area contributed by atoms with Gasteiger partial charge in [0.2, 0.25) is 0 Å². The summed E-state index contributed by atoms with van der Waals surface area (Å²) in [5.41, 5.74) is 1.67. The van der Waals surface area contributed by atoms with E-state index in [0.717, 1.165) is 24.2 Å². The van der Waals surface area contributed by atoms with Gasteiger partial charge in [-0.15, -0.1) is 0 Å². The molecule has 0 radical (unpaired) electrons. The van der Waals surface area contributed by atoms with E-state index in [2.05, 4.69) is 4.90 Å². The van der Waals surface area contributed by atoms with Gasteiger partial charge in [0.25, 0.3) is 0 Å². The van der Waals surface area contributed by atoms with Crippen molar-refractivity contribution >= 4 is 0 Å². The topological polar surface area (TPSA) is 32.7 Å². The first-order valence-corrected chi connectivity index (χ1v) is 6.39. The van der Waals surface area contributed by atoms with Crippen molar-refractivity contribution in [3.63, 3.8) is 0 Å². The fourth-order valence-electron chi connectivity index (χ4n) is 2.26. The summed E-state index contributed by atoms with van der Waals surface area (Å²) in [6.07, 6.45) is 0.713. The Balaban J connectivity index is 1.96. The van der Waals surface area contributed by atoms with E-state index in [1.165, 1.54) is 0 Å². The second kappa shape index (κ2) is 6.27. The maximum atomic E-state index is 13.8. The predicted octanol–water partition coefficient (Wildman–Crippen LogP) is 1.72. The number of morpholine rings is 1. The molecule has 1 aromatic carbocycles. The lowest BCUT2D eigenvalue weighted by Crippen LogP contribution is -2.42. The monoisotopic (exact) mass is 253 g/mol. The zero-order valence-electron chi connectivity index (χ0n) is 10.7. The number of rotatable bonds is 4. The highest BCUT2D eigenvalue weighted by Gasteiger charge is 2.20. The second-order valence-corrected chi connectivity index (χ2v) is 4.84. The molecule has 1 aliphatic rings. The average molecular weight is 253 g/mol. The van der Waals surface area contributed by atoms with Gasteiger partial charge in [-0.2, -0.15) is 0 Å². The van der Waals surface area contributed by atoms with Gasteiger partial charge in [-0.05, 0) is 25.0 Å². The highest BCUT2D eigenvalue weighted by Crippen LogP contribution is 2.15. The van der Waals surface area contributed by atoms with E-state index < -0.39 is 0 Å². The van der Waals surface area contributed by atoms with Gasteiger partial charge in [-0.1, -0.05) is 12.1 Å². The third-order valence-corrected chi connectivity index (χ3v) is 3.28. The number of halogens is 1. The number of aliphatic hydroxyl groups is 1. The molecular weight excluding hydrogens is 233 g/mol. The van der Waals surface area contributed by atoms with Gasteiger partial charge < -0.3 is 9.84 Å². The van der Waals surface area contributed by atoms with Gasteiger partial charge in [0.05, 0.1) is 12.7 Å². The highest BCUT2D eigenvalue weighted by atomic mass is 19.1. The smallest absolute Gasteiger partial charge is 0.127 e. The summed E-state index contributed by atoms with van der Waals surface area (Å²) in [5, 5.41) is 8.91. The standard InChI is InChI=1S/C14H20FNO2/c1-11-2-3-12(14(15)8-11)9-16-5-7-18-13(10-16)4-6-17/h2-3,8,13,17H,4-7,9-10H2,1H3/t13-/m0/s1. The van der Waals surface area contributed by atoms with Crippen molar-refractivity contribution in [1.29, 1.82) is 0 Å². The Morgan fingerprint density at radius 3 is 3.06 bits per heavy atom. The first kappa shape index (κ1) is 13.5. The van der Waals surface area contributed by atoms with Gasteiger partial charge >= 0.3 is 0 Å². The van der Waals surface area contributed by atoms with Crippen LogP contribution in [0, 0.1) is 12.7 Å². The third kappa shape index (κ3) is 3.51. The van der Waals surface area contributed by atoms with Crippen LogP contribution in [0.15, 0.2) is 18.2 Å². The van der Waals surface area contributed by atoms with Crippen LogP contribution in [-0.4, -0.2) is 42.4 Å². The molecule has 100 valence electrons.